The summed E-state index contributed by atoms with van der Waals surface area (Å²) >= 11 is 12.4. The van der Waals surface area contributed by atoms with Crippen LogP contribution in [0.15, 0.2) is 48.7 Å². The summed E-state index contributed by atoms with van der Waals surface area (Å²) in [7, 11) is 0. The number of imidazole rings is 1. The largest absolute Gasteiger partial charge is 0.508 e. The third-order valence-electron chi connectivity index (χ3n) is 4.85. The number of hydrogen-bond donors (Lipinski definition) is 2. The topological polar surface area (TPSA) is 70.4 Å². The van der Waals surface area contributed by atoms with Crippen LogP contribution in [0.25, 0.3) is 17.1 Å². The number of piperidine rings is 1. The van der Waals surface area contributed by atoms with Crippen molar-refractivity contribution in [2.24, 2.45) is 0 Å². The van der Waals surface area contributed by atoms with E-state index in [1.54, 1.807) is 53.2 Å². The Bertz CT molecular complexity index is 1030. The summed E-state index contributed by atoms with van der Waals surface area (Å²) in [5.41, 5.74) is 4.62. The highest BCUT2D eigenvalue weighted by Crippen LogP contribution is 2.32. The predicted molar refractivity (Wildman–Crippen MR) is 114 cm³/mol. The number of carbonyl (C=O) groups is 1. The van der Waals surface area contributed by atoms with Crippen molar-refractivity contribution in [2.45, 2.75) is 19.3 Å². The third-order valence-corrected chi connectivity index (χ3v) is 5.40. The number of phenols is 1. The molecule has 0 radical (unpaired) electrons. The number of carbonyl (C=O) groups excluding carboxylic acids is 1. The Hall–Kier alpha value is -2.54. The van der Waals surface area contributed by atoms with Gasteiger partial charge in [0.1, 0.15) is 17.3 Å². The number of amides is 1. The Labute approximate surface area is 178 Å². The number of aromatic hydroxyl groups is 1. The molecule has 1 aliphatic rings. The lowest BCUT2D eigenvalue weighted by molar-refractivity contribution is 0.0745. The minimum Gasteiger partial charge on any atom is -0.508 e. The molecule has 0 saturated carbocycles. The number of hydrazine groups is 1. The van der Waals surface area contributed by atoms with Gasteiger partial charge >= 0.3 is 0 Å². The van der Waals surface area contributed by atoms with Crippen LogP contribution in [0.2, 0.25) is 10.0 Å². The van der Waals surface area contributed by atoms with Crippen LogP contribution in [0, 0.1) is 0 Å². The van der Waals surface area contributed by atoms with Gasteiger partial charge in [-0.05, 0) is 55.3 Å². The van der Waals surface area contributed by atoms with E-state index in [0.29, 0.717) is 21.4 Å². The summed E-state index contributed by atoms with van der Waals surface area (Å²) in [5.74, 6) is 0.403. The second-order valence-corrected chi connectivity index (χ2v) is 7.79. The van der Waals surface area contributed by atoms with E-state index in [9.17, 15) is 9.90 Å². The fraction of sp³-hybridized carbons (Fsp3) is 0.238. The first kappa shape index (κ1) is 19.8. The Morgan fingerprint density at radius 3 is 2.45 bits per heavy atom. The van der Waals surface area contributed by atoms with Crippen LogP contribution in [0.3, 0.4) is 0 Å². The van der Waals surface area contributed by atoms with Gasteiger partial charge in [-0.2, -0.15) is 0 Å². The van der Waals surface area contributed by atoms with Gasteiger partial charge in [0.25, 0.3) is 5.91 Å². The zero-order valence-corrected chi connectivity index (χ0v) is 17.1. The van der Waals surface area contributed by atoms with Crippen LogP contribution in [0.1, 0.15) is 29.8 Å². The molecule has 2 N–H and O–H groups in total. The number of aromatic nitrogens is 2. The van der Waals surface area contributed by atoms with E-state index in [1.165, 1.54) is 6.42 Å². The zero-order chi connectivity index (χ0) is 20.4. The molecule has 1 fully saturated rings. The molecule has 4 rings (SSSR count). The number of phenolic OH excluding ortho intramolecular Hbond substituents is 1. The van der Waals surface area contributed by atoms with Gasteiger partial charge in [-0.25, -0.2) is 9.99 Å². The highest BCUT2D eigenvalue weighted by Gasteiger charge is 2.21. The maximum Gasteiger partial charge on any atom is 0.285 e. The van der Waals surface area contributed by atoms with Crippen LogP contribution in [0.4, 0.5) is 0 Å². The molecule has 0 spiro atoms. The van der Waals surface area contributed by atoms with Gasteiger partial charge in [0, 0.05) is 35.6 Å². The second-order valence-electron chi connectivity index (χ2n) is 6.95. The van der Waals surface area contributed by atoms with Crippen molar-refractivity contribution in [1.29, 1.82) is 0 Å². The minimum atomic E-state index is -0.268. The van der Waals surface area contributed by atoms with Crippen molar-refractivity contribution in [3.63, 3.8) is 0 Å². The lowest BCUT2D eigenvalue weighted by atomic mass is 10.2. The first-order valence-corrected chi connectivity index (χ1v) is 10.2. The average Bonchev–Trinajstić information content (AvgIpc) is 3.14. The van der Waals surface area contributed by atoms with E-state index in [1.807, 2.05) is 5.01 Å². The molecule has 0 unspecified atom stereocenters. The monoisotopic (exact) mass is 430 g/mol. The lowest BCUT2D eigenvalue weighted by Gasteiger charge is -2.26. The molecule has 1 saturated heterocycles. The summed E-state index contributed by atoms with van der Waals surface area (Å²) in [5, 5.41) is 12.5. The van der Waals surface area contributed by atoms with Crippen molar-refractivity contribution in [2.75, 3.05) is 13.1 Å². The second kappa shape index (κ2) is 8.45. The van der Waals surface area contributed by atoms with Gasteiger partial charge in [-0.15, -0.1) is 0 Å². The van der Waals surface area contributed by atoms with Crippen molar-refractivity contribution in [3.05, 3.63) is 64.4 Å². The summed E-state index contributed by atoms with van der Waals surface area (Å²) in [6.45, 7) is 1.67. The average molecular weight is 431 g/mol. The van der Waals surface area contributed by atoms with E-state index in [-0.39, 0.29) is 17.4 Å². The fourth-order valence-corrected chi connectivity index (χ4v) is 3.86. The Morgan fingerprint density at radius 2 is 1.76 bits per heavy atom. The van der Waals surface area contributed by atoms with Gasteiger partial charge < -0.3 is 5.11 Å². The molecule has 8 heteroatoms. The zero-order valence-electron chi connectivity index (χ0n) is 15.6. The fourth-order valence-electron chi connectivity index (χ4n) is 3.37. The van der Waals surface area contributed by atoms with Crippen molar-refractivity contribution >= 4 is 29.1 Å². The van der Waals surface area contributed by atoms with Crippen LogP contribution < -0.4 is 5.43 Å². The number of halogens is 2. The van der Waals surface area contributed by atoms with E-state index in [4.69, 9.17) is 23.2 Å². The molecule has 2 heterocycles. The standard InChI is InChI=1S/C21H20Cl2N4O2/c22-14-4-9-17(18(23)12-14)20-24-19(21(29)25-26-10-2-1-3-11-26)13-27(20)15-5-7-16(28)8-6-15/h4-9,12-13,28H,1-3,10-11H2,(H,25,29). The minimum absolute atomic E-state index is 0.156. The smallest absolute Gasteiger partial charge is 0.285 e. The molecule has 0 atom stereocenters. The maximum atomic E-state index is 12.8. The molecular formula is C21H20Cl2N4O2. The normalized spacial score (nSPS) is 14.7. The summed E-state index contributed by atoms with van der Waals surface area (Å²) < 4.78 is 1.78. The highest BCUT2D eigenvalue weighted by molar-refractivity contribution is 6.36. The van der Waals surface area contributed by atoms with Gasteiger partial charge in [0.2, 0.25) is 0 Å². The SMILES string of the molecule is O=C(NN1CCCCC1)c1cn(-c2ccc(O)cc2)c(-c2ccc(Cl)cc2Cl)n1. The maximum absolute atomic E-state index is 12.8. The van der Waals surface area contributed by atoms with E-state index < -0.39 is 0 Å². The molecule has 3 aromatic rings. The van der Waals surface area contributed by atoms with Crippen molar-refractivity contribution in [1.82, 2.24) is 20.0 Å². The first-order valence-electron chi connectivity index (χ1n) is 9.41. The number of nitrogens with one attached hydrogen (secondary N) is 1. The Balaban J connectivity index is 1.73. The van der Waals surface area contributed by atoms with Gasteiger partial charge in [-0.1, -0.05) is 29.6 Å². The summed E-state index contributed by atoms with van der Waals surface area (Å²) in [4.78, 5) is 17.4. The Morgan fingerprint density at radius 1 is 1.03 bits per heavy atom. The van der Waals surface area contributed by atoms with Crippen LogP contribution in [0.5, 0.6) is 5.75 Å². The molecule has 6 nitrogen and oxygen atoms in total. The molecule has 0 bridgehead atoms. The third kappa shape index (κ3) is 4.40. The van der Waals surface area contributed by atoms with Crippen LogP contribution >= 0.6 is 23.2 Å². The van der Waals surface area contributed by atoms with Gasteiger partial charge in [-0.3, -0.25) is 14.8 Å². The van der Waals surface area contributed by atoms with Crippen molar-refractivity contribution in [3.8, 4) is 22.8 Å². The van der Waals surface area contributed by atoms with Crippen LogP contribution in [-0.4, -0.2) is 38.7 Å². The van der Waals surface area contributed by atoms with Gasteiger partial charge in [0.05, 0.1) is 5.02 Å². The molecule has 2 aromatic carbocycles. The number of benzene rings is 2. The number of hydrogen-bond acceptors (Lipinski definition) is 4. The molecule has 1 aromatic heterocycles. The summed E-state index contributed by atoms with van der Waals surface area (Å²) in [6, 6.07) is 11.8. The summed E-state index contributed by atoms with van der Waals surface area (Å²) in [6.07, 6.45) is 4.98. The number of nitrogens with zero attached hydrogens (tertiary/aromatic N) is 3. The molecular weight excluding hydrogens is 411 g/mol. The van der Waals surface area contributed by atoms with E-state index in [2.05, 4.69) is 10.4 Å². The molecule has 150 valence electrons. The van der Waals surface area contributed by atoms with E-state index in [0.717, 1.165) is 31.6 Å². The molecule has 1 aliphatic heterocycles. The lowest BCUT2D eigenvalue weighted by Crippen LogP contribution is -2.45. The Kier molecular flexibility index (Phi) is 5.76. The quantitative estimate of drug-likeness (QED) is 0.629. The molecule has 0 aliphatic carbocycles. The molecule has 29 heavy (non-hydrogen) atoms. The van der Waals surface area contributed by atoms with E-state index >= 15 is 0 Å². The first-order chi connectivity index (χ1) is 14.0. The van der Waals surface area contributed by atoms with Crippen molar-refractivity contribution < 1.29 is 9.90 Å². The number of rotatable bonds is 4. The predicted octanol–water partition coefficient (Wildman–Crippen LogP) is 4.68. The molecule has 1 amide bonds. The van der Waals surface area contributed by atoms with Gasteiger partial charge in [0.15, 0.2) is 0 Å². The highest BCUT2D eigenvalue weighted by atomic mass is 35.5. The van der Waals surface area contributed by atoms with Crippen LogP contribution in [-0.2, 0) is 0 Å².